The molecular formula is C16H25N3OS. The molecule has 1 fully saturated rings. The summed E-state index contributed by atoms with van der Waals surface area (Å²) >= 11 is 1.93. The number of likely N-dealkylation sites (N-methyl/N-ethyl adjacent to an activating group) is 1. The van der Waals surface area contributed by atoms with Gasteiger partial charge in [-0.3, -0.25) is 4.79 Å². The van der Waals surface area contributed by atoms with Gasteiger partial charge in [-0.05, 0) is 26.2 Å². The quantitative estimate of drug-likeness (QED) is 0.867. The molecule has 1 unspecified atom stereocenters. The van der Waals surface area contributed by atoms with Crippen molar-refractivity contribution in [2.75, 3.05) is 50.1 Å². The van der Waals surface area contributed by atoms with Crippen molar-refractivity contribution in [2.24, 2.45) is 0 Å². The molecule has 1 saturated heterocycles. The van der Waals surface area contributed by atoms with E-state index in [1.807, 2.05) is 61.1 Å². The molecule has 1 aliphatic heterocycles. The van der Waals surface area contributed by atoms with Crippen LogP contribution in [-0.2, 0) is 4.79 Å². The number of anilines is 1. The van der Waals surface area contributed by atoms with Crippen molar-refractivity contribution in [2.45, 2.75) is 12.5 Å². The van der Waals surface area contributed by atoms with E-state index in [0.717, 1.165) is 36.8 Å². The van der Waals surface area contributed by atoms with E-state index < -0.39 is 0 Å². The zero-order chi connectivity index (χ0) is 15.1. The molecule has 4 nitrogen and oxygen atoms in total. The van der Waals surface area contributed by atoms with Gasteiger partial charge in [0.25, 0.3) is 0 Å². The molecule has 2 rings (SSSR count). The highest BCUT2D eigenvalue weighted by molar-refractivity contribution is 7.99. The van der Waals surface area contributed by atoms with Crippen LogP contribution in [-0.4, -0.2) is 62.1 Å². The van der Waals surface area contributed by atoms with Gasteiger partial charge in [-0.15, -0.1) is 0 Å². The van der Waals surface area contributed by atoms with E-state index in [0.29, 0.717) is 12.5 Å². The molecule has 0 bridgehead atoms. The van der Waals surface area contributed by atoms with E-state index in [2.05, 4.69) is 10.2 Å². The third-order valence-corrected chi connectivity index (χ3v) is 4.69. The van der Waals surface area contributed by atoms with Crippen LogP contribution in [0, 0.1) is 0 Å². The lowest BCUT2D eigenvalue weighted by atomic mass is 10.2. The number of nitrogens with one attached hydrogen (secondary N) is 1. The van der Waals surface area contributed by atoms with Crippen LogP contribution in [0.25, 0.3) is 0 Å². The van der Waals surface area contributed by atoms with Gasteiger partial charge >= 0.3 is 0 Å². The maximum Gasteiger partial charge on any atom is 0.228 e. The van der Waals surface area contributed by atoms with Crippen molar-refractivity contribution in [3.8, 4) is 0 Å². The first-order valence-corrected chi connectivity index (χ1v) is 8.63. The number of amides is 1. The molecule has 0 radical (unpaired) electrons. The van der Waals surface area contributed by atoms with Crippen LogP contribution in [0.3, 0.4) is 0 Å². The molecule has 1 aromatic carbocycles. The average Bonchev–Trinajstić information content (AvgIpc) is 2.49. The topological polar surface area (TPSA) is 35.6 Å². The van der Waals surface area contributed by atoms with Crippen LogP contribution in [0.5, 0.6) is 0 Å². The van der Waals surface area contributed by atoms with E-state index >= 15 is 0 Å². The summed E-state index contributed by atoms with van der Waals surface area (Å²) in [5.74, 6) is 2.39. The second-order valence-electron chi connectivity index (χ2n) is 5.61. The summed E-state index contributed by atoms with van der Waals surface area (Å²) in [6.45, 7) is 2.61. The van der Waals surface area contributed by atoms with Crippen molar-refractivity contribution in [1.29, 1.82) is 0 Å². The van der Waals surface area contributed by atoms with Crippen LogP contribution in [0.4, 0.5) is 5.69 Å². The molecule has 1 heterocycles. The Balaban J connectivity index is 2.01. The molecule has 1 aliphatic rings. The minimum atomic E-state index is 0.211. The minimum absolute atomic E-state index is 0.211. The second-order valence-corrected chi connectivity index (χ2v) is 6.76. The Morgan fingerprint density at radius 3 is 2.67 bits per heavy atom. The summed E-state index contributed by atoms with van der Waals surface area (Å²) < 4.78 is 0. The molecule has 0 aliphatic carbocycles. The normalized spacial score (nSPS) is 18.7. The number of carbonyl (C=O) groups is 1. The van der Waals surface area contributed by atoms with Gasteiger partial charge in [0, 0.05) is 49.3 Å². The predicted octanol–water partition coefficient (Wildman–Crippen LogP) is 1.68. The standard InChI is InChI=1S/C16H25N3OS/c1-18(2)9-10-19(15-6-4-3-5-7-15)16(20)12-14-13-21-11-8-17-14/h3-7,14,17H,8-13H2,1-2H3. The van der Waals surface area contributed by atoms with Crippen LogP contribution in [0.1, 0.15) is 6.42 Å². The van der Waals surface area contributed by atoms with Crippen molar-refractivity contribution in [1.82, 2.24) is 10.2 Å². The molecule has 1 N–H and O–H groups in total. The predicted molar refractivity (Wildman–Crippen MR) is 91.1 cm³/mol. The summed E-state index contributed by atoms with van der Waals surface area (Å²) in [5.41, 5.74) is 0.993. The molecular weight excluding hydrogens is 282 g/mol. The number of hydrogen-bond donors (Lipinski definition) is 1. The zero-order valence-corrected chi connectivity index (χ0v) is 13.7. The molecule has 0 spiro atoms. The number of para-hydroxylation sites is 1. The summed E-state index contributed by atoms with van der Waals surface area (Å²) in [5, 5.41) is 3.44. The number of thioether (sulfide) groups is 1. The van der Waals surface area contributed by atoms with E-state index in [4.69, 9.17) is 0 Å². The van der Waals surface area contributed by atoms with Crippen molar-refractivity contribution in [3.63, 3.8) is 0 Å². The fourth-order valence-corrected chi connectivity index (χ4v) is 3.33. The van der Waals surface area contributed by atoms with Crippen molar-refractivity contribution >= 4 is 23.4 Å². The van der Waals surface area contributed by atoms with Gasteiger partial charge in [-0.2, -0.15) is 11.8 Å². The van der Waals surface area contributed by atoms with E-state index in [9.17, 15) is 4.79 Å². The highest BCUT2D eigenvalue weighted by atomic mass is 32.2. The summed E-state index contributed by atoms with van der Waals surface area (Å²) in [7, 11) is 4.07. The Labute approximate surface area is 131 Å². The Morgan fingerprint density at radius 1 is 1.29 bits per heavy atom. The highest BCUT2D eigenvalue weighted by Crippen LogP contribution is 2.17. The maximum atomic E-state index is 12.7. The van der Waals surface area contributed by atoms with Gasteiger partial charge in [0.15, 0.2) is 0 Å². The molecule has 0 aromatic heterocycles. The fraction of sp³-hybridized carbons (Fsp3) is 0.562. The third kappa shape index (κ3) is 5.34. The molecule has 0 saturated carbocycles. The third-order valence-electron chi connectivity index (χ3n) is 3.56. The Hall–Kier alpha value is -1.04. The van der Waals surface area contributed by atoms with Crippen LogP contribution < -0.4 is 10.2 Å². The maximum absolute atomic E-state index is 12.7. The molecule has 21 heavy (non-hydrogen) atoms. The van der Waals surface area contributed by atoms with E-state index in [1.165, 1.54) is 0 Å². The van der Waals surface area contributed by atoms with Gasteiger partial charge in [0.05, 0.1) is 0 Å². The lowest BCUT2D eigenvalue weighted by molar-refractivity contribution is -0.119. The number of hydrogen-bond acceptors (Lipinski definition) is 4. The monoisotopic (exact) mass is 307 g/mol. The highest BCUT2D eigenvalue weighted by Gasteiger charge is 2.21. The molecule has 5 heteroatoms. The van der Waals surface area contributed by atoms with E-state index in [-0.39, 0.29) is 5.91 Å². The van der Waals surface area contributed by atoms with Crippen molar-refractivity contribution in [3.05, 3.63) is 30.3 Å². The van der Waals surface area contributed by atoms with E-state index in [1.54, 1.807) is 0 Å². The van der Waals surface area contributed by atoms with Crippen LogP contribution in [0.15, 0.2) is 30.3 Å². The van der Waals surface area contributed by atoms with Gasteiger partial charge in [0.1, 0.15) is 0 Å². The summed E-state index contributed by atoms with van der Waals surface area (Å²) in [4.78, 5) is 16.7. The molecule has 1 amide bonds. The van der Waals surface area contributed by atoms with Gasteiger partial charge < -0.3 is 15.1 Å². The number of benzene rings is 1. The van der Waals surface area contributed by atoms with Gasteiger partial charge in [-0.25, -0.2) is 0 Å². The van der Waals surface area contributed by atoms with Gasteiger partial charge in [0.2, 0.25) is 5.91 Å². The van der Waals surface area contributed by atoms with Crippen LogP contribution in [0.2, 0.25) is 0 Å². The Bertz CT molecular complexity index is 432. The van der Waals surface area contributed by atoms with Gasteiger partial charge in [-0.1, -0.05) is 18.2 Å². The largest absolute Gasteiger partial charge is 0.312 e. The van der Waals surface area contributed by atoms with Crippen LogP contribution >= 0.6 is 11.8 Å². The smallest absolute Gasteiger partial charge is 0.228 e. The summed E-state index contributed by atoms with van der Waals surface area (Å²) in [6, 6.07) is 10.3. The second kappa shape index (κ2) is 8.41. The lowest BCUT2D eigenvalue weighted by Crippen LogP contribution is -2.44. The minimum Gasteiger partial charge on any atom is -0.312 e. The number of rotatable bonds is 6. The number of carbonyl (C=O) groups excluding carboxylic acids is 1. The number of nitrogens with zero attached hydrogens (tertiary/aromatic N) is 2. The molecule has 1 aromatic rings. The van der Waals surface area contributed by atoms with Crippen molar-refractivity contribution < 1.29 is 4.79 Å². The Kier molecular flexibility index (Phi) is 6.54. The fourth-order valence-electron chi connectivity index (χ4n) is 2.38. The lowest BCUT2D eigenvalue weighted by Gasteiger charge is -2.28. The first-order chi connectivity index (χ1) is 10.2. The Morgan fingerprint density at radius 2 is 2.05 bits per heavy atom. The SMILES string of the molecule is CN(C)CCN(C(=O)CC1CSCCN1)c1ccccc1. The first kappa shape index (κ1) is 16.3. The first-order valence-electron chi connectivity index (χ1n) is 7.48. The summed E-state index contributed by atoms with van der Waals surface area (Å²) in [6.07, 6.45) is 0.579. The average molecular weight is 307 g/mol. The zero-order valence-electron chi connectivity index (χ0n) is 12.9. The molecule has 1 atom stereocenters. The molecule has 116 valence electrons.